The molecule has 0 bridgehead atoms. The van der Waals surface area contributed by atoms with Gasteiger partial charge in [0.05, 0.1) is 0 Å². The molecule has 0 radical (unpaired) electrons. The van der Waals surface area contributed by atoms with Crippen LogP contribution in [-0.4, -0.2) is 0 Å². The van der Waals surface area contributed by atoms with Gasteiger partial charge in [-0.25, -0.2) is 0 Å². The largest absolute Gasteiger partial charge is 0.285 e. The third-order valence-electron chi connectivity index (χ3n) is 3.89. The van der Waals surface area contributed by atoms with Crippen LogP contribution in [0.25, 0.3) is 32.3 Å². The molecule has 4 aromatic carbocycles. The molecule has 0 heterocycles. The number of benzene rings is 3. The molecule has 0 aromatic heterocycles. The average Bonchev–Trinajstić information content (AvgIpc) is 2.44. The second-order valence-corrected chi connectivity index (χ2v) is 4.99. The summed E-state index contributed by atoms with van der Waals surface area (Å²) in [6.07, 6.45) is 0. The van der Waals surface area contributed by atoms with Crippen molar-refractivity contribution in [2.45, 2.75) is 6.92 Å². The van der Waals surface area contributed by atoms with Crippen LogP contribution in [0.4, 0.5) is 0 Å². The summed E-state index contributed by atoms with van der Waals surface area (Å²) in [5.74, 6) is 0. The molecule has 0 aliphatic carbocycles. The van der Waals surface area contributed by atoms with Gasteiger partial charge in [0.25, 0.3) is 0 Å². The maximum Gasteiger partial charge on any atom is 0.234 e. The summed E-state index contributed by atoms with van der Waals surface area (Å²) in [7, 11) is 0. The minimum atomic E-state index is -0.347. The lowest BCUT2D eigenvalue weighted by atomic mass is 9.91. The van der Waals surface area contributed by atoms with Crippen LogP contribution < -0.4 is 10.9 Å². The Balaban J connectivity index is 2.44. The van der Waals surface area contributed by atoms with Gasteiger partial charge in [-0.2, -0.15) is 0 Å². The Morgan fingerprint density at radius 2 is 1.42 bits per heavy atom. The van der Waals surface area contributed by atoms with E-state index in [0.29, 0.717) is 10.8 Å². The normalized spacial score (nSPS) is 11.8. The van der Waals surface area contributed by atoms with Crippen LogP contribution >= 0.6 is 0 Å². The molecule has 4 rings (SSSR count). The first-order chi connectivity index (χ1) is 9.18. The number of aryl methyl sites for hydroxylation is 1. The van der Waals surface area contributed by atoms with Gasteiger partial charge in [-0.15, -0.1) is 0 Å². The van der Waals surface area contributed by atoms with E-state index in [4.69, 9.17) is 0 Å². The van der Waals surface area contributed by atoms with Gasteiger partial charge in [0.2, 0.25) is 10.9 Å². The second kappa shape index (κ2) is 3.29. The third-order valence-corrected chi connectivity index (χ3v) is 3.89. The molecule has 2 heteroatoms. The number of hydrogen-bond donors (Lipinski definition) is 0. The van der Waals surface area contributed by atoms with Gasteiger partial charge in [0, 0.05) is 16.2 Å². The zero-order valence-electron chi connectivity index (χ0n) is 10.4. The van der Waals surface area contributed by atoms with E-state index >= 15 is 0 Å². The van der Waals surface area contributed by atoms with E-state index in [0.717, 1.165) is 27.1 Å². The molecule has 0 saturated heterocycles. The van der Waals surface area contributed by atoms with E-state index in [1.54, 1.807) is 0 Å². The molecule has 0 amide bonds. The molecule has 0 spiro atoms. The van der Waals surface area contributed by atoms with Crippen molar-refractivity contribution >= 4 is 32.3 Å². The Kier molecular flexibility index (Phi) is 1.81. The highest BCUT2D eigenvalue weighted by molar-refractivity contribution is 6.22. The SMILES string of the molecule is Cc1cc2ccc3ccccc3c2c2c(=O)c(=O)c12. The van der Waals surface area contributed by atoms with E-state index in [2.05, 4.69) is 6.07 Å². The van der Waals surface area contributed by atoms with Gasteiger partial charge in [0.15, 0.2) is 0 Å². The summed E-state index contributed by atoms with van der Waals surface area (Å²) >= 11 is 0. The smallest absolute Gasteiger partial charge is 0.234 e. The van der Waals surface area contributed by atoms with Gasteiger partial charge < -0.3 is 0 Å². The van der Waals surface area contributed by atoms with Gasteiger partial charge in [-0.1, -0.05) is 42.5 Å². The van der Waals surface area contributed by atoms with E-state index in [9.17, 15) is 9.59 Å². The lowest BCUT2D eigenvalue weighted by molar-refractivity contribution is 1.47. The molecule has 0 atom stereocenters. The Labute approximate surface area is 108 Å². The fourth-order valence-corrected chi connectivity index (χ4v) is 3.00. The van der Waals surface area contributed by atoms with Crippen molar-refractivity contribution in [3.8, 4) is 0 Å². The van der Waals surface area contributed by atoms with Gasteiger partial charge in [-0.05, 0) is 28.6 Å². The molecule has 90 valence electrons. The standard InChI is InChI=1S/C17H10O2/c1-9-8-11-7-6-10-4-2-3-5-12(10)14(11)15-13(9)16(18)17(15)19/h2-8H,1H3. The van der Waals surface area contributed by atoms with E-state index in [1.807, 2.05) is 43.3 Å². The summed E-state index contributed by atoms with van der Waals surface area (Å²) in [5.41, 5.74) is 0.199. The summed E-state index contributed by atoms with van der Waals surface area (Å²) in [4.78, 5) is 23.6. The predicted octanol–water partition coefficient (Wildman–Crippen LogP) is 3.05. The summed E-state index contributed by atoms with van der Waals surface area (Å²) in [5, 5.41) is 5.29. The zero-order valence-corrected chi connectivity index (χ0v) is 10.4. The van der Waals surface area contributed by atoms with Crippen LogP contribution in [0, 0.1) is 6.92 Å². The topological polar surface area (TPSA) is 34.1 Å². The van der Waals surface area contributed by atoms with Crippen molar-refractivity contribution in [3.05, 3.63) is 68.5 Å². The second-order valence-electron chi connectivity index (χ2n) is 4.99. The Bertz CT molecular complexity index is 1050. The summed E-state index contributed by atoms with van der Waals surface area (Å²) in [6, 6.07) is 14.0. The summed E-state index contributed by atoms with van der Waals surface area (Å²) in [6.45, 7) is 1.89. The van der Waals surface area contributed by atoms with Crippen LogP contribution in [0.2, 0.25) is 0 Å². The maximum atomic E-state index is 11.9. The highest BCUT2D eigenvalue weighted by Crippen LogP contribution is 2.31. The first kappa shape index (κ1) is 10.4. The Morgan fingerprint density at radius 1 is 0.737 bits per heavy atom. The van der Waals surface area contributed by atoms with Crippen LogP contribution in [-0.2, 0) is 0 Å². The molecular weight excluding hydrogens is 236 g/mol. The summed E-state index contributed by atoms with van der Waals surface area (Å²) < 4.78 is 0. The van der Waals surface area contributed by atoms with Crippen LogP contribution in [0.3, 0.4) is 0 Å². The molecule has 0 fully saturated rings. The average molecular weight is 246 g/mol. The van der Waals surface area contributed by atoms with E-state index in [1.165, 1.54) is 0 Å². The molecule has 0 aliphatic heterocycles. The Morgan fingerprint density at radius 3 is 2.26 bits per heavy atom. The third kappa shape index (κ3) is 1.16. The lowest BCUT2D eigenvalue weighted by Crippen LogP contribution is -2.31. The van der Waals surface area contributed by atoms with Crippen LogP contribution in [0.5, 0.6) is 0 Å². The van der Waals surface area contributed by atoms with Gasteiger partial charge >= 0.3 is 0 Å². The highest BCUT2D eigenvalue weighted by Gasteiger charge is 2.19. The molecule has 4 aromatic rings. The molecule has 0 saturated carbocycles. The van der Waals surface area contributed by atoms with Crippen LogP contribution in [0.15, 0.2) is 52.1 Å². The molecular formula is C17H10O2. The van der Waals surface area contributed by atoms with E-state index < -0.39 is 0 Å². The van der Waals surface area contributed by atoms with Crippen molar-refractivity contribution in [1.29, 1.82) is 0 Å². The minimum absolute atomic E-state index is 0.345. The number of rotatable bonds is 0. The van der Waals surface area contributed by atoms with Gasteiger partial charge in [0.1, 0.15) is 0 Å². The van der Waals surface area contributed by atoms with Crippen LogP contribution in [0.1, 0.15) is 5.56 Å². The minimum Gasteiger partial charge on any atom is -0.285 e. The quantitative estimate of drug-likeness (QED) is 0.353. The van der Waals surface area contributed by atoms with Gasteiger partial charge in [-0.3, -0.25) is 9.59 Å². The molecule has 2 nitrogen and oxygen atoms in total. The van der Waals surface area contributed by atoms with E-state index in [-0.39, 0.29) is 10.9 Å². The lowest BCUT2D eigenvalue weighted by Gasteiger charge is -2.11. The number of fused-ring (bicyclic) bond motifs is 5. The molecule has 0 unspecified atom stereocenters. The molecule has 0 aliphatic rings. The van der Waals surface area contributed by atoms with Crippen molar-refractivity contribution in [2.24, 2.45) is 0 Å². The first-order valence-electron chi connectivity index (χ1n) is 6.22. The maximum absolute atomic E-state index is 11.9. The number of hydrogen-bond acceptors (Lipinski definition) is 2. The van der Waals surface area contributed by atoms with Crippen molar-refractivity contribution in [1.82, 2.24) is 0 Å². The predicted molar refractivity (Wildman–Crippen MR) is 78.6 cm³/mol. The zero-order chi connectivity index (χ0) is 13.1. The fraction of sp³-hybridized carbons (Fsp3) is 0.0588. The Hall–Kier alpha value is -2.48. The van der Waals surface area contributed by atoms with Crippen molar-refractivity contribution in [2.75, 3.05) is 0 Å². The van der Waals surface area contributed by atoms with Crippen molar-refractivity contribution < 1.29 is 0 Å². The highest BCUT2D eigenvalue weighted by atomic mass is 16.2. The molecule has 19 heavy (non-hydrogen) atoms. The molecule has 0 N–H and O–H groups in total. The monoisotopic (exact) mass is 246 g/mol. The first-order valence-corrected chi connectivity index (χ1v) is 6.22. The van der Waals surface area contributed by atoms with Crippen molar-refractivity contribution in [3.63, 3.8) is 0 Å². The fourth-order valence-electron chi connectivity index (χ4n) is 3.00.